The monoisotopic (exact) mass is 196 g/mol. The summed E-state index contributed by atoms with van der Waals surface area (Å²) < 4.78 is 4.57. The third kappa shape index (κ3) is 2.87. The maximum atomic E-state index is 11.1. The minimum Gasteiger partial charge on any atom is -0.464 e. The van der Waals surface area contributed by atoms with Crippen LogP contribution >= 0.6 is 0 Å². The molecule has 0 unspecified atom stereocenters. The highest BCUT2D eigenvalue weighted by Crippen LogP contribution is 2.18. The van der Waals surface area contributed by atoms with E-state index in [1.54, 1.807) is 0 Å². The Hall–Kier alpha value is -1.32. The molecule has 0 spiro atoms. The van der Waals surface area contributed by atoms with Crippen molar-refractivity contribution in [1.82, 2.24) is 9.97 Å². The third-order valence-corrected chi connectivity index (χ3v) is 1.73. The predicted octanol–water partition coefficient (Wildman–Crippen LogP) is 1.78. The zero-order valence-electron chi connectivity index (χ0n) is 9.05. The molecule has 1 heterocycles. The average molecular weight is 196 g/mol. The number of ether oxygens (including phenoxy) is 1. The highest BCUT2D eigenvalue weighted by atomic mass is 16.5. The number of esters is 1. The summed E-state index contributed by atoms with van der Waals surface area (Å²) in [4.78, 5) is 18.1. The molecule has 0 radical (unpaired) electrons. The molecule has 1 N–H and O–H groups in total. The Kier molecular flexibility index (Phi) is 2.93. The van der Waals surface area contributed by atoms with E-state index in [-0.39, 0.29) is 11.4 Å². The maximum absolute atomic E-state index is 11.1. The Labute approximate surface area is 83.7 Å². The van der Waals surface area contributed by atoms with Gasteiger partial charge in [-0.3, -0.25) is 0 Å². The smallest absolute Gasteiger partial charge is 0.356 e. The molecule has 1 rings (SSSR count). The second-order valence-electron chi connectivity index (χ2n) is 4.47. The van der Waals surface area contributed by atoms with E-state index in [0.29, 0.717) is 5.69 Å². The molecule has 14 heavy (non-hydrogen) atoms. The Morgan fingerprint density at radius 2 is 2.21 bits per heavy atom. The van der Waals surface area contributed by atoms with Crippen molar-refractivity contribution in [2.24, 2.45) is 5.41 Å². The summed E-state index contributed by atoms with van der Waals surface area (Å²) in [5.41, 5.74) is 0.567. The molecule has 0 fully saturated rings. The van der Waals surface area contributed by atoms with E-state index >= 15 is 0 Å². The number of carbonyl (C=O) groups is 1. The van der Waals surface area contributed by atoms with Crippen molar-refractivity contribution in [3.05, 3.63) is 17.7 Å². The lowest BCUT2D eigenvalue weighted by Gasteiger charge is -2.15. The molecule has 0 aromatic carbocycles. The van der Waals surface area contributed by atoms with Crippen LogP contribution in [0.25, 0.3) is 0 Å². The van der Waals surface area contributed by atoms with E-state index in [1.165, 1.54) is 13.3 Å². The van der Waals surface area contributed by atoms with Crippen molar-refractivity contribution in [1.29, 1.82) is 0 Å². The van der Waals surface area contributed by atoms with Crippen molar-refractivity contribution in [3.8, 4) is 0 Å². The number of H-pyrrole nitrogens is 1. The van der Waals surface area contributed by atoms with Crippen LogP contribution in [-0.2, 0) is 11.2 Å². The molecule has 0 atom stereocenters. The Balaban J connectivity index is 2.74. The van der Waals surface area contributed by atoms with Gasteiger partial charge in [-0.05, 0) is 5.41 Å². The molecular formula is C10H16N2O2. The molecule has 0 aliphatic carbocycles. The standard InChI is InChI=1S/C10H16N2O2/c1-10(2,3)5-8-11-6-7(12-8)9(13)14-4/h6H,5H2,1-4H3,(H,11,12). The molecule has 0 aliphatic heterocycles. The normalized spacial score (nSPS) is 11.4. The van der Waals surface area contributed by atoms with Crippen LogP contribution < -0.4 is 0 Å². The minimum absolute atomic E-state index is 0.158. The van der Waals surface area contributed by atoms with Crippen LogP contribution in [0.15, 0.2) is 6.20 Å². The predicted molar refractivity (Wildman–Crippen MR) is 53.1 cm³/mol. The number of carbonyl (C=O) groups excluding carboxylic acids is 1. The lowest BCUT2D eigenvalue weighted by molar-refractivity contribution is 0.0594. The van der Waals surface area contributed by atoms with Crippen LogP contribution in [0.3, 0.4) is 0 Å². The van der Waals surface area contributed by atoms with Gasteiger partial charge >= 0.3 is 5.97 Å². The first-order valence-corrected chi connectivity index (χ1v) is 4.54. The number of nitrogens with one attached hydrogen (secondary N) is 1. The molecule has 0 aliphatic rings. The van der Waals surface area contributed by atoms with Crippen molar-refractivity contribution in [3.63, 3.8) is 0 Å². The number of hydrogen-bond donors (Lipinski definition) is 1. The largest absolute Gasteiger partial charge is 0.464 e. The molecule has 78 valence electrons. The van der Waals surface area contributed by atoms with Gasteiger partial charge in [-0.2, -0.15) is 0 Å². The summed E-state index contributed by atoms with van der Waals surface area (Å²) in [5, 5.41) is 0. The fourth-order valence-electron chi connectivity index (χ4n) is 1.17. The molecule has 0 saturated heterocycles. The van der Waals surface area contributed by atoms with Crippen LogP contribution in [0.4, 0.5) is 0 Å². The van der Waals surface area contributed by atoms with Gasteiger partial charge in [0.2, 0.25) is 0 Å². The fourth-order valence-corrected chi connectivity index (χ4v) is 1.17. The SMILES string of the molecule is COC(=O)c1cnc(CC(C)(C)C)[nH]1. The molecule has 4 heteroatoms. The molecule has 0 saturated carbocycles. The van der Waals surface area contributed by atoms with Gasteiger partial charge in [0, 0.05) is 6.42 Å². The van der Waals surface area contributed by atoms with E-state index in [2.05, 4.69) is 35.5 Å². The zero-order chi connectivity index (χ0) is 10.8. The molecule has 0 amide bonds. The van der Waals surface area contributed by atoms with Gasteiger partial charge in [0.1, 0.15) is 11.5 Å². The third-order valence-electron chi connectivity index (χ3n) is 1.73. The van der Waals surface area contributed by atoms with Crippen LogP contribution in [0, 0.1) is 5.41 Å². The number of hydrogen-bond acceptors (Lipinski definition) is 3. The fraction of sp³-hybridized carbons (Fsp3) is 0.600. The first-order valence-electron chi connectivity index (χ1n) is 4.54. The Morgan fingerprint density at radius 1 is 1.57 bits per heavy atom. The van der Waals surface area contributed by atoms with Crippen LogP contribution in [0.1, 0.15) is 37.1 Å². The molecule has 1 aromatic heterocycles. The summed E-state index contributed by atoms with van der Waals surface area (Å²) in [7, 11) is 1.35. The van der Waals surface area contributed by atoms with E-state index < -0.39 is 0 Å². The van der Waals surface area contributed by atoms with E-state index in [9.17, 15) is 4.79 Å². The zero-order valence-corrected chi connectivity index (χ0v) is 9.05. The minimum atomic E-state index is -0.377. The lowest BCUT2D eigenvalue weighted by atomic mass is 9.92. The van der Waals surface area contributed by atoms with Gasteiger partial charge in [0.05, 0.1) is 13.3 Å². The summed E-state index contributed by atoms with van der Waals surface area (Å²) in [6.07, 6.45) is 2.32. The molecule has 4 nitrogen and oxygen atoms in total. The number of rotatable bonds is 2. The summed E-state index contributed by atoms with van der Waals surface area (Å²) in [6, 6.07) is 0. The van der Waals surface area contributed by atoms with E-state index in [4.69, 9.17) is 0 Å². The lowest BCUT2D eigenvalue weighted by Crippen LogP contribution is -2.10. The van der Waals surface area contributed by atoms with Gasteiger partial charge in [-0.25, -0.2) is 9.78 Å². The second kappa shape index (κ2) is 3.82. The van der Waals surface area contributed by atoms with Crippen molar-refractivity contribution >= 4 is 5.97 Å². The van der Waals surface area contributed by atoms with Gasteiger partial charge in [0.15, 0.2) is 0 Å². The van der Waals surface area contributed by atoms with Crippen LogP contribution in [0.5, 0.6) is 0 Å². The number of nitrogens with zero attached hydrogens (tertiary/aromatic N) is 1. The second-order valence-corrected chi connectivity index (χ2v) is 4.47. The van der Waals surface area contributed by atoms with Crippen LogP contribution in [-0.4, -0.2) is 23.0 Å². The molecule has 1 aromatic rings. The summed E-state index contributed by atoms with van der Waals surface area (Å²) in [6.45, 7) is 6.36. The van der Waals surface area contributed by atoms with Crippen LogP contribution in [0.2, 0.25) is 0 Å². The van der Waals surface area contributed by atoms with Gasteiger partial charge in [0.25, 0.3) is 0 Å². The highest BCUT2D eigenvalue weighted by molar-refractivity contribution is 5.86. The molecular weight excluding hydrogens is 180 g/mol. The van der Waals surface area contributed by atoms with Crippen molar-refractivity contribution < 1.29 is 9.53 Å². The first kappa shape index (κ1) is 10.8. The summed E-state index contributed by atoms with van der Waals surface area (Å²) in [5.74, 6) is 0.440. The van der Waals surface area contributed by atoms with Gasteiger partial charge in [-0.1, -0.05) is 20.8 Å². The average Bonchev–Trinajstić information content (AvgIpc) is 2.48. The van der Waals surface area contributed by atoms with E-state index in [1.807, 2.05) is 0 Å². The Bertz CT molecular complexity index is 323. The topological polar surface area (TPSA) is 55.0 Å². The van der Waals surface area contributed by atoms with Gasteiger partial charge in [-0.15, -0.1) is 0 Å². The van der Waals surface area contributed by atoms with Crippen molar-refractivity contribution in [2.75, 3.05) is 7.11 Å². The quantitative estimate of drug-likeness (QED) is 0.733. The summed E-state index contributed by atoms with van der Waals surface area (Å²) >= 11 is 0. The van der Waals surface area contributed by atoms with E-state index in [0.717, 1.165) is 12.2 Å². The first-order chi connectivity index (χ1) is 6.42. The van der Waals surface area contributed by atoms with Gasteiger partial charge < -0.3 is 9.72 Å². The number of methoxy groups -OCH3 is 1. The number of aromatic nitrogens is 2. The molecule has 0 bridgehead atoms. The number of imidazole rings is 1. The Morgan fingerprint density at radius 3 is 2.71 bits per heavy atom. The highest BCUT2D eigenvalue weighted by Gasteiger charge is 2.15. The maximum Gasteiger partial charge on any atom is 0.356 e. The van der Waals surface area contributed by atoms with Crippen molar-refractivity contribution in [2.45, 2.75) is 27.2 Å². The number of aromatic amines is 1.